The molecule has 0 radical (unpaired) electrons. The first kappa shape index (κ1) is 21.7. The van der Waals surface area contributed by atoms with Crippen LogP contribution in [0.25, 0.3) is 0 Å². The lowest BCUT2D eigenvalue weighted by Crippen LogP contribution is -2.35. The number of nitrogens with one attached hydrogen (secondary N) is 2. The van der Waals surface area contributed by atoms with Gasteiger partial charge in [-0.1, -0.05) is 32.4 Å². The fraction of sp³-hybridized carbons (Fsp3) is 0.562. The van der Waals surface area contributed by atoms with Gasteiger partial charge < -0.3 is 14.8 Å². The maximum absolute atomic E-state index is 12.1. The average molecular weight is 393 g/mol. The number of hydrogen-bond acceptors (Lipinski definition) is 5. The summed E-state index contributed by atoms with van der Waals surface area (Å²) in [4.78, 5) is 11.8. The van der Waals surface area contributed by atoms with Gasteiger partial charge in [0.15, 0.2) is 6.61 Å². The quantitative estimate of drug-likeness (QED) is 0.625. The molecule has 1 amide bonds. The van der Waals surface area contributed by atoms with Crippen LogP contribution in [-0.4, -0.2) is 47.7 Å². The Hall–Kier alpha value is -1.35. The van der Waals surface area contributed by atoms with E-state index in [1.54, 1.807) is 0 Å². The van der Waals surface area contributed by atoms with E-state index >= 15 is 0 Å². The van der Waals surface area contributed by atoms with Gasteiger partial charge in [-0.15, -0.1) is 0 Å². The summed E-state index contributed by atoms with van der Waals surface area (Å²) in [6.45, 7) is 6.75. The third-order valence-corrected chi connectivity index (χ3v) is 4.74. The van der Waals surface area contributed by atoms with E-state index in [4.69, 9.17) is 21.1 Å². The van der Waals surface area contributed by atoms with E-state index in [1.165, 1.54) is 25.3 Å². The van der Waals surface area contributed by atoms with Crippen LogP contribution in [0.1, 0.15) is 20.8 Å². The van der Waals surface area contributed by atoms with Crippen molar-refractivity contribution >= 4 is 27.5 Å². The minimum Gasteiger partial charge on any atom is -0.482 e. The summed E-state index contributed by atoms with van der Waals surface area (Å²) in [6, 6.07) is 4.06. The molecular weight excluding hydrogens is 368 g/mol. The molecule has 0 fully saturated rings. The van der Waals surface area contributed by atoms with Gasteiger partial charge in [0.1, 0.15) is 5.75 Å². The number of halogens is 1. The van der Waals surface area contributed by atoms with Crippen molar-refractivity contribution in [2.75, 3.05) is 33.4 Å². The van der Waals surface area contributed by atoms with E-state index in [0.29, 0.717) is 6.54 Å². The van der Waals surface area contributed by atoms with Crippen molar-refractivity contribution < 1.29 is 22.7 Å². The normalized spacial score (nSPS) is 12.0. The van der Waals surface area contributed by atoms with Crippen LogP contribution in [0.4, 0.5) is 0 Å². The molecule has 7 nitrogen and oxygen atoms in total. The van der Waals surface area contributed by atoms with Crippen molar-refractivity contribution in [2.24, 2.45) is 5.41 Å². The highest BCUT2D eigenvalue weighted by molar-refractivity contribution is 7.89. The van der Waals surface area contributed by atoms with E-state index in [9.17, 15) is 13.2 Å². The van der Waals surface area contributed by atoms with E-state index in [0.717, 1.165) is 0 Å². The van der Waals surface area contributed by atoms with E-state index in [1.807, 2.05) is 20.8 Å². The SMILES string of the molecule is COCCNS(=O)(=O)c1ccc(OCC(=O)NCC(C)(C)C)c(Cl)c1. The molecule has 0 saturated carbocycles. The molecule has 1 rings (SSSR count). The molecule has 1 aromatic carbocycles. The van der Waals surface area contributed by atoms with Crippen LogP contribution < -0.4 is 14.8 Å². The molecule has 1 aromatic rings. The second-order valence-electron chi connectivity index (χ2n) is 6.61. The zero-order chi connectivity index (χ0) is 19.1. The summed E-state index contributed by atoms with van der Waals surface area (Å²) in [6.07, 6.45) is 0. The van der Waals surface area contributed by atoms with Crippen LogP contribution in [0, 0.1) is 5.41 Å². The smallest absolute Gasteiger partial charge is 0.257 e. The number of benzene rings is 1. The van der Waals surface area contributed by atoms with Gasteiger partial charge in [0.25, 0.3) is 5.91 Å². The van der Waals surface area contributed by atoms with Crippen molar-refractivity contribution in [3.63, 3.8) is 0 Å². The van der Waals surface area contributed by atoms with Gasteiger partial charge in [0, 0.05) is 20.2 Å². The molecule has 9 heteroatoms. The lowest BCUT2D eigenvalue weighted by Gasteiger charge is -2.18. The van der Waals surface area contributed by atoms with Crippen LogP contribution in [0.3, 0.4) is 0 Å². The molecule has 142 valence electrons. The second-order valence-corrected chi connectivity index (χ2v) is 8.78. The summed E-state index contributed by atoms with van der Waals surface area (Å²) < 4.78 is 36.7. The topological polar surface area (TPSA) is 93.7 Å². The van der Waals surface area contributed by atoms with Crippen LogP contribution in [0.15, 0.2) is 23.1 Å². The summed E-state index contributed by atoms with van der Waals surface area (Å²) in [5.41, 5.74) is -0.0286. The minimum absolute atomic E-state index is 0.0122. The molecule has 0 aliphatic rings. The number of carbonyl (C=O) groups excluding carboxylic acids is 1. The number of rotatable bonds is 9. The number of hydrogen-bond donors (Lipinski definition) is 2. The maximum atomic E-state index is 12.1. The highest BCUT2D eigenvalue weighted by atomic mass is 35.5. The number of ether oxygens (including phenoxy) is 2. The van der Waals surface area contributed by atoms with Crippen LogP contribution >= 0.6 is 11.6 Å². The molecule has 0 saturated heterocycles. The first-order chi connectivity index (χ1) is 11.5. The predicted octanol–water partition coefficient (Wildman–Crippen LogP) is 1.81. The number of amides is 1. The minimum atomic E-state index is -3.68. The maximum Gasteiger partial charge on any atom is 0.257 e. The summed E-state index contributed by atoms with van der Waals surface area (Å²) in [7, 11) is -2.20. The molecule has 0 spiro atoms. The standard InChI is InChI=1S/C16H25ClN2O5S/c1-16(2,3)11-18-15(20)10-24-14-6-5-12(9-13(14)17)25(21,22)19-7-8-23-4/h5-6,9,19H,7-8,10-11H2,1-4H3,(H,18,20). The lowest BCUT2D eigenvalue weighted by atomic mass is 9.97. The molecule has 2 N–H and O–H groups in total. The molecule has 0 aliphatic carbocycles. The monoisotopic (exact) mass is 392 g/mol. The highest BCUT2D eigenvalue weighted by Crippen LogP contribution is 2.27. The van der Waals surface area contributed by atoms with Crippen molar-refractivity contribution in [1.29, 1.82) is 0 Å². The van der Waals surface area contributed by atoms with Gasteiger partial charge in [-0.2, -0.15) is 0 Å². The van der Waals surface area contributed by atoms with Crippen LogP contribution in [0.2, 0.25) is 5.02 Å². The van der Waals surface area contributed by atoms with E-state index in [2.05, 4.69) is 10.0 Å². The van der Waals surface area contributed by atoms with Gasteiger partial charge in [-0.25, -0.2) is 13.1 Å². The Kier molecular flexibility index (Phi) is 8.14. The summed E-state index contributed by atoms with van der Waals surface area (Å²) in [5.74, 6) is -0.0349. The molecular formula is C16H25ClN2O5S. The van der Waals surface area contributed by atoms with Crippen molar-refractivity contribution in [3.05, 3.63) is 23.2 Å². The molecule has 0 aliphatic heterocycles. The van der Waals surface area contributed by atoms with Gasteiger partial charge in [-0.3, -0.25) is 4.79 Å². The van der Waals surface area contributed by atoms with E-state index in [-0.39, 0.29) is 46.7 Å². The molecule has 0 atom stereocenters. The second kappa shape index (κ2) is 9.38. The third-order valence-electron chi connectivity index (χ3n) is 2.99. The van der Waals surface area contributed by atoms with Gasteiger partial charge in [-0.05, 0) is 23.6 Å². The Bertz CT molecular complexity index is 686. The predicted molar refractivity (Wildman–Crippen MR) is 96.5 cm³/mol. The number of methoxy groups -OCH3 is 1. The number of carbonyl (C=O) groups is 1. The van der Waals surface area contributed by atoms with Crippen LogP contribution in [-0.2, 0) is 19.6 Å². The first-order valence-corrected chi connectivity index (χ1v) is 9.59. The van der Waals surface area contributed by atoms with Crippen molar-refractivity contribution in [3.8, 4) is 5.75 Å². The van der Waals surface area contributed by atoms with Gasteiger partial charge in [0.05, 0.1) is 16.5 Å². The Morgan fingerprint density at radius 1 is 1.28 bits per heavy atom. The van der Waals surface area contributed by atoms with Crippen LogP contribution in [0.5, 0.6) is 5.75 Å². The zero-order valence-electron chi connectivity index (χ0n) is 14.9. The largest absolute Gasteiger partial charge is 0.482 e. The number of sulfonamides is 1. The Balaban J connectivity index is 2.65. The van der Waals surface area contributed by atoms with Crippen molar-refractivity contribution in [1.82, 2.24) is 10.0 Å². The molecule has 0 bridgehead atoms. The lowest BCUT2D eigenvalue weighted by molar-refractivity contribution is -0.123. The van der Waals surface area contributed by atoms with Crippen molar-refractivity contribution in [2.45, 2.75) is 25.7 Å². The Morgan fingerprint density at radius 3 is 2.52 bits per heavy atom. The van der Waals surface area contributed by atoms with E-state index < -0.39 is 10.0 Å². The zero-order valence-corrected chi connectivity index (χ0v) is 16.5. The summed E-state index contributed by atoms with van der Waals surface area (Å²) in [5, 5.41) is 2.86. The fourth-order valence-corrected chi connectivity index (χ4v) is 3.02. The molecule has 0 heterocycles. The van der Waals surface area contributed by atoms with Gasteiger partial charge in [0.2, 0.25) is 10.0 Å². The first-order valence-electron chi connectivity index (χ1n) is 7.73. The molecule has 25 heavy (non-hydrogen) atoms. The summed E-state index contributed by atoms with van der Waals surface area (Å²) >= 11 is 6.06. The molecule has 0 unspecified atom stereocenters. The third kappa shape index (κ3) is 8.04. The fourth-order valence-electron chi connectivity index (χ4n) is 1.69. The highest BCUT2D eigenvalue weighted by Gasteiger charge is 2.16. The Labute approximate surface area is 154 Å². The average Bonchev–Trinajstić information content (AvgIpc) is 2.51. The molecule has 0 aromatic heterocycles. The Morgan fingerprint density at radius 2 is 1.96 bits per heavy atom. The van der Waals surface area contributed by atoms with Gasteiger partial charge >= 0.3 is 0 Å².